The number of oxazole rings is 1. The Morgan fingerprint density at radius 2 is 1.93 bits per heavy atom. The number of ether oxygens (including phenoxy) is 1. The van der Waals surface area contributed by atoms with Crippen LogP contribution in [0.3, 0.4) is 0 Å². The van der Waals surface area contributed by atoms with Crippen LogP contribution < -0.4 is 10.2 Å². The van der Waals surface area contributed by atoms with E-state index in [0.29, 0.717) is 18.7 Å². The molecule has 0 saturated carbocycles. The van der Waals surface area contributed by atoms with Crippen molar-refractivity contribution >= 4 is 17.4 Å². The van der Waals surface area contributed by atoms with E-state index in [0.717, 1.165) is 5.69 Å². The van der Waals surface area contributed by atoms with Crippen LogP contribution >= 0.6 is 0 Å². The van der Waals surface area contributed by atoms with E-state index < -0.39 is 23.5 Å². The van der Waals surface area contributed by atoms with Crippen molar-refractivity contribution in [1.82, 2.24) is 9.97 Å². The van der Waals surface area contributed by atoms with Crippen LogP contribution in [0.25, 0.3) is 11.5 Å². The first-order valence-corrected chi connectivity index (χ1v) is 8.90. The third-order valence-electron chi connectivity index (χ3n) is 4.18. The number of hydrogen-bond donors (Lipinski definition) is 1. The van der Waals surface area contributed by atoms with Gasteiger partial charge in [0.15, 0.2) is 5.69 Å². The fourth-order valence-corrected chi connectivity index (χ4v) is 2.59. The van der Waals surface area contributed by atoms with Gasteiger partial charge in [0, 0.05) is 26.3 Å². The highest BCUT2D eigenvalue weighted by atomic mass is 19.4. The highest BCUT2D eigenvalue weighted by molar-refractivity contribution is 6.03. The number of nitrogens with one attached hydrogen (secondary N) is 1. The highest BCUT2D eigenvalue weighted by Gasteiger charge is 2.42. The molecular formula is C20H19F3N4O3. The van der Waals surface area contributed by atoms with E-state index in [1.807, 2.05) is 11.9 Å². The van der Waals surface area contributed by atoms with Crippen molar-refractivity contribution in [1.29, 1.82) is 0 Å². The third kappa shape index (κ3) is 4.95. The first-order valence-electron chi connectivity index (χ1n) is 8.90. The molecule has 0 aliphatic heterocycles. The van der Waals surface area contributed by atoms with Gasteiger partial charge in [0.2, 0.25) is 11.7 Å². The van der Waals surface area contributed by atoms with E-state index in [9.17, 15) is 18.0 Å². The Labute approximate surface area is 170 Å². The van der Waals surface area contributed by atoms with Gasteiger partial charge < -0.3 is 19.4 Å². The predicted molar refractivity (Wildman–Crippen MR) is 104 cm³/mol. The van der Waals surface area contributed by atoms with Crippen LogP contribution in [0.15, 0.2) is 53.1 Å². The van der Waals surface area contributed by atoms with Crippen LogP contribution in [0.5, 0.6) is 0 Å². The number of alkyl halides is 3. The maximum Gasteiger partial charge on any atom is 0.452 e. The van der Waals surface area contributed by atoms with Crippen molar-refractivity contribution in [3.8, 4) is 11.5 Å². The molecule has 0 aliphatic rings. The molecule has 2 aromatic heterocycles. The average molecular weight is 420 g/mol. The molecule has 0 saturated heterocycles. The molecule has 10 heteroatoms. The summed E-state index contributed by atoms with van der Waals surface area (Å²) in [6, 6.07) is 11.2. The summed E-state index contributed by atoms with van der Waals surface area (Å²) in [7, 11) is 3.43. The summed E-state index contributed by atoms with van der Waals surface area (Å²) >= 11 is 0. The van der Waals surface area contributed by atoms with Gasteiger partial charge in [-0.25, -0.2) is 9.97 Å². The number of carbonyl (C=O) groups is 1. The molecular weight excluding hydrogens is 401 g/mol. The zero-order chi connectivity index (χ0) is 21.7. The second kappa shape index (κ2) is 8.95. The number of hydrogen-bond acceptors (Lipinski definition) is 6. The van der Waals surface area contributed by atoms with Crippen LogP contribution in [0.4, 0.5) is 24.7 Å². The summed E-state index contributed by atoms with van der Waals surface area (Å²) in [5.41, 5.74) is 0.224. The number of halogens is 3. The molecule has 0 aliphatic carbocycles. The molecule has 7 nitrogen and oxygen atoms in total. The van der Waals surface area contributed by atoms with Gasteiger partial charge in [0.1, 0.15) is 5.82 Å². The van der Waals surface area contributed by atoms with Crippen LogP contribution in [-0.4, -0.2) is 43.2 Å². The van der Waals surface area contributed by atoms with Crippen molar-refractivity contribution in [3.05, 3.63) is 60.1 Å². The van der Waals surface area contributed by atoms with Crippen molar-refractivity contribution in [2.75, 3.05) is 37.5 Å². The smallest absolute Gasteiger partial charge is 0.431 e. The number of aromatic nitrogens is 2. The van der Waals surface area contributed by atoms with Gasteiger partial charge in [-0.15, -0.1) is 0 Å². The summed E-state index contributed by atoms with van der Waals surface area (Å²) in [5, 5.41) is 2.33. The normalized spacial score (nSPS) is 11.4. The van der Waals surface area contributed by atoms with Crippen molar-refractivity contribution in [2.24, 2.45) is 0 Å². The van der Waals surface area contributed by atoms with Crippen molar-refractivity contribution in [3.63, 3.8) is 0 Å². The lowest BCUT2D eigenvalue weighted by Gasteiger charge is -2.18. The van der Waals surface area contributed by atoms with Crippen molar-refractivity contribution < 1.29 is 27.1 Å². The monoisotopic (exact) mass is 420 g/mol. The van der Waals surface area contributed by atoms with E-state index in [2.05, 4.69) is 15.3 Å². The number of anilines is 2. The fraction of sp³-hybridized carbons (Fsp3) is 0.250. The van der Waals surface area contributed by atoms with E-state index in [4.69, 9.17) is 9.15 Å². The molecule has 0 spiro atoms. The van der Waals surface area contributed by atoms with Gasteiger partial charge in [-0.2, -0.15) is 13.2 Å². The summed E-state index contributed by atoms with van der Waals surface area (Å²) in [4.78, 5) is 22.2. The minimum atomic E-state index is -4.88. The number of carbonyl (C=O) groups excluding carboxylic acids is 1. The molecule has 0 unspecified atom stereocenters. The Morgan fingerprint density at radius 1 is 1.20 bits per heavy atom. The fourth-order valence-electron chi connectivity index (χ4n) is 2.59. The zero-order valence-corrected chi connectivity index (χ0v) is 16.2. The topological polar surface area (TPSA) is 80.5 Å². The highest BCUT2D eigenvalue weighted by Crippen LogP contribution is 2.35. The number of nitrogens with zero attached hydrogens (tertiary/aromatic N) is 3. The van der Waals surface area contributed by atoms with Crippen LogP contribution in [0, 0.1) is 0 Å². The Morgan fingerprint density at radius 3 is 2.53 bits per heavy atom. The number of amides is 1. The quantitative estimate of drug-likeness (QED) is 0.620. The first kappa shape index (κ1) is 21.3. The lowest BCUT2D eigenvalue weighted by molar-refractivity contribution is -0.153. The molecule has 3 aromatic rings. The molecule has 2 heterocycles. The SMILES string of the molecule is COCCN(C)c1ccc(NC(=O)c2nc(-c3ccccc3)oc2C(F)(F)F)nc1. The number of rotatable bonds is 7. The molecule has 0 atom stereocenters. The summed E-state index contributed by atoms with van der Waals surface area (Å²) in [6.07, 6.45) is -3.39. The molecule has 1 N–H and O–H groups in total. The van der Waals surface area contributed by atoms with Crippen LogP contribution in [0.1, 0.15) is 16.2 Å². The largest absolute Gasteiger partial charge is 0.452 e. The maximum atomic E-state index is 13.4. The minimum absolute atomic E-state index is 0.0845. The molecule has 1 aromatic carbocycles. The predicted octanol–water partition coefficient (Wildman–Crippen LogP) is 4.09. The number of methoxy groups -OCH3 is 1. The molecule has 3 rings (SSSR count). The van der Waals surface area contributed by atoms with E-state index in [1.165, 1.54) is 24.4 Å². The minimum Gasteiger partial charge on any atom is -0.431 e. The number of pyridine rings is 1. The van der Waals surface area contributed by atoms with Crippen LogP contribution in [0.2, 0.25) is 0 Å². The van der Waals surface area contributed by atoms with Gasteiger partial charge >= 0.3 is 6.18 Å². The summed E-state index contributed by atoms with van der Waals surface area (Å²) in [6.45, 7) is 1.14. The first-order chi connectivity index (χ1) is 14.3. The number of benzene rings is 1. The maximum absolute atomic E-state index is 13.4. The Bertz CT molecular complexity index is 989. The van der Waals surface area contributed by atoms with Crippen LogP contribution in [-0.2, 0) is 10.9 Å². The lowest BCUT2D eigenvalue weighted by atomic mass is 10.2. The summed E-state index contributed by atoms with van der Waals surface area (Å²) in [5.74, 6) is -2.74. The summed E-state index contributed by atoms with van der Waals surface area (Å²) < 4.78 is 50.0. The van der Waals surface area contributed by atoms with E-state index >= 15 is 0 Å². The molecule has 0 bridgehead atoms. The Balaban J connectivity index is 1.82. The zero-order valence-electron chi connectivity index (χ0n) is 16.2. The standard InChI is InChI=1S/C20H19F3N4O3/c1-27(10-11-29-2)14-8-9-15(24-12-14)25-18(28)16-17(20(21,22)23)30-19(26-16)13-6-4-3-5-7-13/h3-9,12H,10-11H2,1-2H3,(H,24,25,28). The lowest BCUT2D eigenvalue weighted by Crippen LogP contribution is -2.22. The molecule has 0 radical (unpaired) electrons. The van der Waals surface area contributed by atoms with Gasteiger partial charge in [0.05, 0.1) is 18.5 Å². The van der Waals surface area contributed by atoms with Gasteiger partial charge in [-0.05, 0) is 24.3 Å². The average Bonchev–Trinajstić information content (AvgIpc) is 3.19. The van der Waals surface area contributed by atoms with Gasteiger partial charge in [-0.1, -0.05) is 18.2 Å². The second-order valence-electron chi connectivity index (χ2n) is 6.33. The third-order valence-corrected chi connectivity index (χ3v) is 4.18. The second-order valence-corrected chi connectivity index (χ2v) is 6.33. The Kier molecular flexibility index (Phi) is 6.36. The number of likely N-dealkylation sites (N-methyl/N-ethyl adjacent to an activating group) is 1. The van der Waals surface area contributed by atoms with Gasteiger partial charge in [0.25, 0.3) is 5.91 Å². The van der Waals surface area contributed by atoms with E-state index in [1.54, 1.807) is 31.4 Å². The molecule has 1 amide bonds. The molecule has 0 fully saturated rings. The molecule has 158 valence electrons. The van der Waals surface area contributed by atoms with Crippen molar-refractivity contribution in [2.45, 2.75) is 6.18 Å². The van der Waals surface area contributed by atoms with E-state index in [-0.39, 0.29) is 11.7 Å². The molecule has 30 heavy (non-hydrogen) atoms. The Hall–Kier alpha value is -3.40. The van der Waals surface area contributed by atoms with Gasteiger partial charge in [-0.3, -0.25) is 4.79 Å².